The van der Waals surface area contributed by atoms with Gasteiger partial charge in [0, 0.05) is 30.6 Å². The maximum absolute atomic E-state index is 11.0. The van der Waals surface area contributed by atoms with Crippen molar-refractivity contribution >= 4 is 9.84 Å². The van der Waals surface area contributed by atoms with Crippen LogP contribution in [0.5, 0.6) is 0 Å². The first-order chi connectivity index (χ1) is 7.53. The molecular weight excluding hydrogens is 226 g/mol. The van der Waals surface area contributed by atoms with Crippen molar-refractivity contribution in [2.24, 2.45) is 0 Å². The Morgan fingerprint density at radius 1 is 1.44 bits per heavy atom. The van der Waals surface area contributed by atoms with Crippen LogP contribution in [0.2, 0.25) is 0 Å². The average Bonchev–Trinajstić information content (AvgIpc) is 2.24. The van der Waals surface area contributed by atoms with Gasteiger partial charge < -0.3 is 5.32 Å². The minimum absolute atomic E-state index is 0.0652. The van der Waals surface area contributed by atoms with Gasteiger partial charge in [0.05, 0.1) is 11.7 Å². The molecule has 0 aliphatic heterocycles. The zero-order valence-corrected chi connectivity index (χ0v) is 10.4. The van der Waals surface area contributed by atoms with Gasteiger partial charge in [-0.1, -0.05) is 0 Å². The van der Waals surface area contributed by atoms with Crippen LogP contribution < -0.4 is 5.32 Å². The van der Waals surface area contributed by atoms with Crippen LogP contribution in [0, 0.1) is 0 Å². The zero-order chi connectivity index (χ0) is 12.0. The van der Waals surface area contributed by atoms with Crippen molar-refractivity contribution in [3.63, 3.8) is 0 Å². The van der Waals surface area contributed by atoms with Gasteiger partial charge in [-0.3, -0.25) is 9.97 Å². The lowest BCUT2D eigenvalue weighted by Gasteiger charge is -2.14. The van der Waals surface area contributed by atoms with Crippen molar-refractivity contribution in [3.8, 4) is 0 Å². The van der Waals surface area contributed by atoms with Crippen LogP contribution in [0.25, 0.3) is 0 Å². The predicted molar refractivity (Wildman–Crippen MR) is 62.8 cm³/mol. The molecule has 5 nitrogen and oxygen atoms in total. The number of nitrogens with one attached hydrogen (secondary N) is 1. The van der Waals surface area contributed by atoms with Crippen molar-refractivity contribution < 1.29 is 8.42 Å². The van der Waals surface area contributed by atoms with Gasteiger partial charge in [0.1, 0.15) is 9.84 Å². The number of hydrogen-bond acceptors (Lipinski definition) is 5. The van der Waals surface area contributed by atoms with Crippen molar-refractivity contribution in [3.05, 3.63) is 24.3 Å². The molecule has 1 rings (SSSR count). The van der Waals surface area contributed by atoms with Crippen LogP contribution in [-0.4, -0.2) is 37.4 Å². The van der Waals surface area contributed by atoms with Crippen molar-refractivity contribution in [2.45, 2.75) is 18.9 Å². The van der Waals surface area contributed by atoms with Crippen molar-refractivity contribution in [2.75, 3.05) is 19.1 Å². The van der Waals surface area contributed by atoms with E-state index in [2.05, 4.69) is 15.3 Å². The average molecular weight is 243 g/mol. The molecule has 0 saturated carbocycles. The summed E-state index contributed by atoms with van der Waals surface area (Å²) in [6, 6.07) is 0.0652. The molecule has 0 saturated heterocycles. The first-order valence-electron chi connectivity index (χ1n) is 5.14. The molecule has 0 spiro atoms. The first kappa shape index (κ1) is 13.1. The summed E-state index contributed by atoms with van der Waals surface area (Å²) in [6.45, 7) is 0. The first-order valence-corrected chi connectivity index (χ1v) is 7.20. The van der Waals surface area contributed by atoms with Gasteiger partial charge >= 0.3 is 0 Å². The summed E-state index contributed by atoms with van der Waals surface area (Å²) >= 11 is 0. The van der Waals surface area contributed by atoms with E-state index in [0.29, 0.717) is 6.42 Å². The van der Waals surface area contributed by atoms with Crippen LogP contribution in [0.3, 0.4) is 0 Å². The maximum atomic E-state index is 11.0. The van der Waals surface area contributed by atoms with Crippen LogP contribution in [0.1, 0.15) is 24.6 Å². The Morgan fingerprint density at radius 3 is 2.69 bits per heavy atom. The van der Waals surface area contributed by atoms with Gasteiger partial charge in [0.15, 0.2) is 0 Å². The van der Waals surface area contributed by atoms with Gasteiger partial charge in [0.25, 0.3) is 0 Å². The Morgan fingerprint density at radius 2 is 2.19 bits per heavy atom. The lowest BCUT2D eigenvalue weighted by molar-refractivity contribution is 0.523. The summed E-state index contributed by atoms with van der Waals surface area (Å²) < 4.78 is 22.0. The highest BCUT2D eigenvalue weighted by atomic mass is 32.2. The molecule has 1 heterocycles. The second-order valence-corrected chi connectivity index (χ2v) is 6.00. The molecule has 1 unspecified atom stereocenters. The minimum Gasteiger partial charge on any atom is -0.312 e. The number of nitrogens with zero attached hydrogens (tertiary/aromatic N) is 2. The van der Waals surface area contributed by atoms with E-state index in [9.17, 15) is 8.42 Å². The van der Waals surface area contributed by atoms with E-state index in [1.165, 1.54) is 6.26 Å². The quantitative estimate of drug-likeness (QED) is 0.790. The Kier molecular flexibility index (Phi) is 4.82. The Bertz CT molecular complexity index is 405. The number of aromatic nitrogens is 2. The minimum atomic E-state index is -2.87. The molecule has 90 valence electrons. The lowest BCUT2D eigenvalue weighted by Crippen LogP contribution is -2.18. The van der Waals surface area contributed by atoms with Gasteiger partial charge in [-0.05, 0) is 19.9 Å². The number of hydrogen-bond donors (Lipinski definition) is 1. The Labute approximate surface area is 96.2 Å². The van der Waals surface area contributed by atoms with Gasteiger partial charge in [-0.2, -0.15) is 0 Å². The van der Waals surface area contributed by atoms with E-state index in [0.717, 1.165) is 12.1 Å². The fraction of sp³-hybridized carbons (Fsp3) is 0.600. The third-order valence-corrected chi connectivity index (χ3v) is 3.33. The summed E-state index contributed by atoms with van der Waals surface area (Å²) in [4.78, 5) is 8.18. The van der Waals surface area contributed by atoms with E-state index in [1.54, 1.807) is 18.6 Å². The summed E-state index contributed by atoms with van der Waals surface area (Å²) in [6.07, 6.45) is 7.57. The second-order valence-electron chi connectivity index (χ2n) is 3.74. The number of sulfone groups is 1. The van der Waals surface area contributed by atoms with E-state index in [-0.39, 0.29) is 11.8 Å². The fourth-order valence-corrected chi connectivity index (χ4v) is 2.17. The molecule has 1 atom stereocenters. The van der Waals surface area contributed by atoms with Crippen LogP contribution in [-0.2, 0) is 9.84 Å². The highest BCUT2D eigenvalue weighted by Gasteiger charge is 2.11. The van der Waals surface area contributed by atoms with Crippen LogP contribution in [0.4, 0.5) is 0 Å². The Hall–Kier alpha value is -1.01. The molecule has 6 heteroatoms. The molecule has 0 aromatic carbocycles. The molecule has 1 aromatic rings. The molecule has 16 heavy (non-hydrogen) atoms. The van der Waals surface area contributed by atoms with Gasteiger partial charge in [-0.15, -0.1) is 0 Å². The lowest BCUT2D eigenvalue weighted by atomic mass is 10.1. The predicted octanol–water partition coefficient (Wildman–Crippen LogP) is 0.562. The monoisotopic (exact) mass is 243 g/mol. The highest BCUT2D eigenvalue weighted by Crippen LogP contribution is 2.14. The van der Waals surface area contributed by atoms with Gasteiger partial charge in [-0.25, -0.2) is 8.42 Å². The maximum Gasteiger partial charge on any atom is 0.147 e. The molecule has 0 fully saturated rings. The molecule has 1 N–H and O–H groups in total. The normalized spacial score (nSPS) is 13.6. The summed E-state index contributed by atoms with van der Waals surface area (Å²) in [5.74, 6) is 0.214. The Balaban J connectivity index is 2.51. The fourth-order valence-electron chi connectivity index (χ4n) is 1.48. The standard InChI is InChI=1S/C10H17N3O2S/c1-11-9(4-3-7-16(2,14)15)10-8-12-5-6-13-10/h5-6,8-9,11H,3-4,7H2,1-2H3. The third-order valence-electron chi connectivity index (χ3n) is 2.30. The van der Waals surface area contributed by atoms with E-state index in [1.807, 2.05) is 7.05 Å². The zero-order valence-electron chi connectivity index (χ0n) is 9.55. The van der Waals surface area contributed by atoms with E-state index < -0.39 is 9.84 Å². The van der Waals surface area contributed by atoms with E-state index in [4.69, 9.17) is 0 Å². The van der Waals surface area contributed by atoms with Gasteiger partial charge in [0.2, 0.25) is 0 Å². The third kappa shape index (κ3) is 4.67. The molecule has 0 aliphatic rings. The van der Waals surface area contributed by atoms with Crippen molar-refractivity contribution in [1.29, 1.82) is 0 Å². The van der Waals surface area contributed by atoms with E-state index >= 15 is 0 Å². The number of rotatable bonds is 6. The molecule has 0 radical (unpaired) electrons. The molecule has 0 bridgehead atoms. The molecule has 0 amide bonds. The highest BCUT2D eigenvalue weighted by molar-refractivity contribution is 7.90. The smallest absolute Gasteiger partial charge is 0.147 e. The second kappa shape index (κ2) is 5.91. The molecule has 1 aromatic heterocycles. The molecule has 0 aliphatic carbocycles. The summed E-state index contributed by atoms with van der Waals surface area (Å²) in [7, 11) is -1.04. The largest absolute Gasteiger partial charge is 0.312 e. The summed E-state index contributed by atoms with van der Waals surface area (Å²) in [5, 5.41) is 3.11. The van der Waals surface area contributed by atoms with Crippen LogP contribution in [0.15, 0.2) is 18.6 Å². The van der Waals surface area contributed by atoms with Crippen molar-refractivity contribution in [1.82, 2.24) is 15.3 Å². The molecular formula is C10H17N3O2S. The SMILES string of the molecule is CNC(CCCS(C)(=O)=O)c1cnccn1. The summed E-state index contributed by atoms with van der Waals surface area (Å²) in [5.41, 5.74) is 0.846. The topological polar surface area (TPSA) is 72.0 Å². The van der Waals surface area contributed by atoms with Crippen LogP contribution >= 0.6 is 0 Å².